The van der Waals surface area contributed by atoms with Crippen molar-refractivity contribution in [2.24, 2.45) is 0 Å². The molecule has 0 saturated carbocycles. The number of halogens is 1. The zero-order valence-corrected chi connectivity index (χ0v) is 12.9. The Morgan fingerprint density at radius 2 is 1.95 bits per heavy atom. The molecule has 1 aromatic heterocycles. The summed E-state index contributed by atoms with van der Waals surface area (Å²) in [6.45, 7) is 2.28. The number of H-pyrrole nitrogens is 1. The molecule has 1 aromatic carbocycles. The fraction of sp³-hybridized carbons (Fsp3) is 0.143. The van der Waals surface area contributed by atoms with E-state index in [2.05, 4.69) is 31.8 Å². The number of aromatic nitrogens is 1. The monoisotopic (exact) mass is 351 g/mol. The van der Waals surface area contributed by atoms with E-state index < -0.39 is 11.8 Å². The normalized spacial score (nSPS) is 10.0. The first-order valence-corrected chi connectivity index (χ1v) is 7.07. The molecule has 2 rings (SSSR count). The summed E-state index contributed by atoms with van der Waals surface area (Å²) in [5.41, 5.74) is 5.37. The molecule has 0 saturated heterocycles. The van der Waals surface area contributed by atoms with Gasteiger partial charge in [0.1, 0.15) is 11.4 Å². The van der Waals surface area contributed by atoms with Gasteiger partial charge < -0.3 is 9.72 Å². The Balaban J connectivity index is 2.00. The molecule has 2 amide bonds. The van der Waals surface area contributed by atoms with E-state index in [-0.39, 0.29) is 0 Å². The first-order valence-electron chi connectivity index (χ1n) is 6.28. The molecule has 6 nitrogen and oxygen atoms in total. The van der Waals surface area contributed by atoms with Crippen LogP contribution in [0.1, 0.15) is 27.8 Å². The molecular formula is C14H14BrN3O3. The highest BCUT2D eigenvalue weighted by Gasteiger charge is 2.13. The van der Waals surface area contributed by atoms with Crippen LogP contribution in [0.15, 0.2) is 41.0 Å². The number of aromatic amines is 1. The van der Waals surface area contributed by atoms with Crippen molar-refractivity contribution in [1.29, 1.82) is 0 Å². The van der Waals surface area contributed by atoms with E-state index in [1.165, 1.54) is 0 Å². The molecule has 0 spiro atoms. The van der Waals surface area contributed by atoms with Gasteiger partial charge in [-0.1, -0.05) is 12.1 Å². The van der Waals surface area contributed by atoms with Crippen LogP contribution in [0.3, 0.4) is 0 Å². The van der Waals surface area contributed by atoms with Crippen LogP contribution in [0, 0.1) is 0 Å². The zero-order valence-electron chi connectivity index (χ0n) is 11.3. The molecule has 2 aromatic rings. The summed E-state index contributed by atoms with van der Waals surface area (Å²) >= 11 is 3.23. The maximum absolute atomic E-state index is 12.1. The lowest BCUT2D eigenvalue weighted by atomic mass is 10.2. The van der Waals surface area contributed by atoms with Gasteiger partial charge in [0.25, 0.3) is 11.8 Å². The Hall–Kier alpha value is -2.28. The number of carbonyl (C=O) groups is 2. The quantitative estimate of drug-likeness (QED) is 0.738. The highest BCUT2D eigenvalue weighted by Crippen LogP contribution is 2.17. The van der Waals surface area contributed by atoms with Gasteiger partial charge in [0, 0.05) is 10.7 Å². The number of carbonyl (C=O) groups excluding carboxylic acids is 2. The van der Waals surface area contributed by atoms with Crippen molar-refractivity contribution in [3.63, 3.8) is 0 Å². The minimum absolute atomic E-state index is 0.334. The number of nitrogens with one attached hydrogen (secondary N) is 3. The number of rotatable bonds is 4. The van der Waals surface area contributed by atoms with Gasteiger partial charge in [0.05, 0.1) is 12.2 Å². The third kappa shape index (κ3) is 3.85. The van der Waals surface area contributed by atoms with E-state index >= 15 is 0 Å². The van der Waals surface area contributed by atoms with Crippen molar-refractivity contribution < 1.29 is 14.3 Å². The number of amides is 2. The molecule has 0 bridgehead atoms. The fourth-order valence-electron chi connectivity index (χ4n) is 1.68. The van der Waals surface area contributed by atoms with Crippen LogP contribution in [0.2, 0.25) is 0 Å². The number of hydrogen-bond acceptors (Lipinski definition) is 3. The van der Waals surface area contributed by atoms with Gasteiger partial charge in [-0.3, -0.25) is 20.4 Å². The molecule has 110 valence electrons. The topological polar surface area (TPSA) is 83.2 Å². The van der Waals surface area contributed by atoms with Crippen molar-refractivity contribution in [2.75, 3.05) is 6.61 Å². The molecule has 0 aliphatic carbocycles. The molecule has 0 aliphatic rings. The van der Waals surface area contributed by atoms with E-state index in [9.17, 15) is 9.59 Å². The predicted molar refractivity (Wildman–Crippen MR) is 81.0 cm³/mol. The summed E-state index contributed by atoms with van der Waals surface area (Å²) < 4.78 is 6.12. The van der Waals surface area contributed by atoms with Crippen LogP contribution < -0.4 is 15.6 Å². The second-order valence-corrected chi connectivity index (χ2v) is 4.98. The molecular weight excluding hydrogens is 338 g/mol. The molecule has 1 heterocycles. The van der Waals surface area contributed by atoms with Crippen molar-refractivity contribution >= 4 is 27.7 Å². The average molecular weight is 352 g/mol. The SMILES string of the molecule is CCOc1ccccc1C(=O)NNC(=O)c1cc(Br)c[nH]1. The molecule has 3 N–H and O–H groups in total. The number of ether oxygens (including phenoxy) is 1. The molecule has 0 aliphatic heterocycles. The number of hydrogen-bond donors (Lipinski definition) is 3. The lowest BCUT2D eigenvalue weighted by Gasteiger charge is -2.10. The Morgan fingerprint density at radius 3 is 2.62 bits per heavy atom. The first-order chi connectivity index (χ1) is 10.1. The van der Waals surface area contributed by atoms with Crippen molar-refractivity contribution in [3.05, 3.63) is 52.3 Å². The maximum atomic E-state index is 12.1. The van der Waals surface area contributed by atoms with Crippen molar-refractivity contribution in [2.45, 2.75) is 6.92 Å². The first kappa shape index (κ1) is 15.1. The van der Waals surface area contributed by atoms with Gasteiger partial charge in [-0.15, -0.1) is 0 Å². The lowest BCUT2D eigenvalue weighted by Crippen LogP contribution is -2.41. The summed E-state index contributed by atoms with van der Waals surface area (Å²) in [6.07, 6.45) is 1.63. The van der Waals surface area contributed by atoms with Crippen LogP contribution >= 0.6 is 15.9 Å². The van der Waals surface area contributed by atoms with Gasteiger partial charge in [0.2, 0.25) is 0 Å². The van der Waals surface area contributed by atoms with Gasteiger partial charge >= 0.3 is 0 Å². The molecule has 21 heavy (non-hydrogen) atoms. The molecule has 7 heteroatoms. The highest BCUT2D eigenvalue weighted by atomic mass is 79.9. The zero-order chi connectivity index (χ0) is 15.2. The average Bonchev–Trinajstić information content (AvgIpc) is 2.92. The van der Waals surface area contributed by atoms with E-state index in [1.54, 1.807) is 36.5 Å². The third-order valence-electron chi connectivity index (χ3n) is 2.61. The smallest absolute Gasteiger partial charge is 0.286 e. The Morgan fingerprint density at radius 1 is 1.24 bits per heavy atom. The lowest BCUT2D eigenvalue weighted by molar-refractivity contribution is 0.0842. The fourth-order valence-corrected chi connectivity index (χ4v) is 2.03. The van der Waals surface area contributed by atoms with Crippen LogP contribution in [0.4, 0.5) is 0 Å². The summed E-state index contributed by atoms with van der Waals surface area (Å²) in [4.78, 5) is 26.6. The van der Waals surface area contributed by atoms with E-state index in [1.807, 2.05) is 6.92 Å². The van der Waals surface area contributed by atoms with Crippen LogP contribution in [0.25, 0.3) is 0 Å². The number of hydrazine groups is 1. The Kier molecular flexibility index (Phi) is 4.99. The van der Waals surface area contributed by atoms with E-state index in [0.717, 1.165) is 4.47 Å². The van der Waals surface area contributed by atoms with Crippen molar-refractivity contribution in [3.8, 4) is 5.75 Å². The largest absolute Gasteiger partial charge is 0.493 e. The van der Waals surface area contributed by atoms with E-state index in [4.69, 9.17) is 4.74 Å². The molecule has 0 radical (unpaired) electrons. The number of benzene rings is 1. The summed E-state index contributed by atoms with van der Waals surface area (Å²) in [6, 6.07) is 8.42. The predicted octanol–water partition coefficient (Wildman–Crippen LogP) is 2.25. The van der Waals surface area contributed by atoms with Crippen LogP contribution in [0.5, 0.6) is 5.75 Å². The van der Waals surface area contributed by atoms with E-state index in [0.29, 0.717) is 23.6 Å². The molecule has 0 fully saturated rings. The Bertz CT molecular complexity index is 654. The van der Waals surface area contributed by atoms with Gasteiger partial charge in [-0.05, 0) is 41.1 Å². The summed E-state index contributed by atoms with van der Waals surface area (Å²) in [5, 5.41) is 0. The molecule has 0 atom stereocenters. The Labute approximate surface area is 130 Å². The maximum Gasteiger partial charge on any atom is 0.286 e. The van der Waals surface area contributed by atoms with Gasteiger partial charge in [0.15, 0.2) is 0 Å². The van der Waals surface area contributed by atoms with Gasteiger partial charge in [-0.25, -0.2) is 0 Å². The van der Waals surface area contributed by atoms with Crippen LogP contribution in [-0.2, 0) is 0 Å². The second kappa shape index (κ2) is 6.94. The van der Waals surface area contributed by atoms with Crippen molar-refractivity contribution in [1.82, 2.24) is 15.8 Å². The minimum atomic E-state index is -0.446. The summed E-state index contributed by atoms with van der Waals surface area (Å²) in [7, 11) is 0. The summed E-state index contributed by atoms with van der Waals surface area (Å²) in [5.74, 6) is -0.421. The molecule has 0 unspecified atom stereocenters. The highest BCUT2D eigenvalue weighted by molar-refractivity contribution is 9.10. The second-order valence-electron chi connectivity index (χ2n) is 4.07. The van der Waals surface area contributed by atoms with Crippen LogP contribution in [-0.4, -0.2) is 23.4 Å². The minimum Gasteiger partial charge on any atom is -0.493 e. The van der Waals surface area contributed by atoms with Gasteiger partial charge in [-0.2, -0.15) is 0 Å². The standard InChI is InChI=1S/C14H14BrN3O3/c1-2-21-12-6-4-3-5-10(12)13(19)17-18-14(20)11-7-9(15)8-16-11/h3-8,16H,2H2,1H3,(H,17,19)(H,18,20). The third-order valence-corrected chi connectivity index (χ3v) is 3.07. The number of para-hydroxylation sites is 1.